The molecule has 23 heavy (non-hydrogen) atoms. The molecular weight excluding hydrogens is 308 g/mol. The molecule has 1 saturated carbocycles. The van der Waals surface area contributed by atoms with Gasteiger partial charge in [-0.2, -0.15) is 0 Å². The van der Waals surface area contributed by atoms with Gasteiger partial charge in [-0.1, -0.05) is 75.5 Å². The predicted molar refractivity (Wildman–Crippen MR) is 94.7 cm³/mol. The molecule has 0 bridgehead atoms. The van der Waals surface area contributed by atoms with Crippen molar-refractivity contribution in [1.82, 2.24) is 0 Å². The molecule has 0 saturated heterocycles. The first kappa shape index (κ1) is 17.6. The number of hydrogen-bond donors (Lipinski definition) is 0. The highest BCUT2D eigenvalue weighted by Crippen LogP contribution is 2.78. The van der Waals surface area contributed by atoms with Gasteiger partial charge in [-0.05, 0) is 29.4 Å². The Balaban J connectivity index is 2.17. The minimum absolute atomic E-state index is 0.147. The zero-order valence-electron chi connectivity index (χ0n) is 14.3. The Morgan fingerprint density at radius 3 is 2.13 bits per heavy atom. The van der Waals surface area contributed by atoms with Gasteiger partial charge < -0.3 is 4.74 Å². The molecule has 1 unspecified atom stereocenters. The van der Waals surface area contributed by atoms with Crippen molar-refractivity contribution in [2.24, 2.45) is 16.2 Å². The van der Waals surface area contributed by atoms with Gasteiger partial charge >= 0.3 is 5.97 Å². The number of ether oxygens (including phenoxy) is 1. The smallest absolute Gasteiger partial charge is 0.314 e. The lowest BCUT2D eigenvalue weighted by Gasteiger charge is -2.18. The van der Waals surface area contributed by atoms with Gasteiger partial charge in [0.05, 0.1) is 10.4 Å². The summed E-state index contributed by atoms with van der Waals surface area (Å²) in [6, 6.07) is 9.55. The third kappa shape index (κ3) is 2.58. The van der Waals surface area contributed by atoms with E-state index in [1.165, 1.54) is 0 Å². The monoisotopic (exact) mass is 330 g/mol. The average molecular weight is 331 g/mol. The van der Waals surface area contributed by atoms with Crippen LogP contribution in [0.15, 0.2) is 35.4 Å². The molecule has 0 aliphatic heterocycles. The summed E-state index contributed by atoms with van der Waals surface area (Å²) in [6.45, 7) is 10.2. The van der Waals surface area contributed by atoms with Crippen LogP contribution in [-0.4, -0.2) is 12.1 Å². The van der Waals surface area contributed by atoms with Crippen LogP contribution < -0.4 is 0 Å². The Bertz CT molecular complexity index is 663. The van der Waals surface area contributed by atoms with Gasteiger partial charge in [0, 0.05) is 0 Å². The third-order valence-corrected chi connectivity index (χ3v) is 6.45. The van der Waals surface area contributed by atoms with E-state index in [-0.39, 0.29) is 16.8 Å². The second-order valence-corrected chi connectivity index (χ2v) is 7.70. The number of terminal acetylenes is 1. The number of esters is 1. The highest BCUT2D eigenvalue weighted by atomic mass is 35.5. The summed E-state index contributed by atoms with van der Waals surface area (Å²) < 4.78 is 5.56. The van der Waals surface area contributed by atoms with Crippen molar-refractivity contribution in [3.05, 3.63) is 40.9 Å². The lowest BCUT2D eigenvalue weighted by Crippen LogP contribution is -2.27. The summed E-state index contributed by atoms with van der Waals surface area (Å²) in [5, 5.41) is 0.326. The van der Waals surface area contributed by atoms with Gasteiger partial charge in [-0.15, -0.1) is 6.42 Å². The summed E-state index contributed by atoms with van der Waals surface area (Å²) in [5.41, 5.74) is 0.0450. The molecule has 0 heterocycles. The van der Waals surface area contributed by atoms with Gasteiger partial charge in [-0.3, -0.25) is 4.79 Å². The second-order valence-electron chi connectivity index (χ2n) is 7.27. The van der Waals surface area contributed by atoms with E-state index in [1.54, 1.807) is 6.08 Å². The van der Waals surface area contributed by atoms with Crippen LogP contribution >= 0.6 is 11.6 Å². The van der Waals surface area contributed by atoms with Gasteiger partial charge in [0.1, 0.15) is 0 Å². The van der Waals surface area contributed by atoms with Crippen molar-refractivity contribution in [1.29, 1.82) is 0 Å². The summed E-state index contributed by atoms with van der Waals surface area (Å²) in [4.78, 5) is 12.7. The molecule has 3 heteroatoms. The largest absolute Gasteiger partial charge is 0.443 e. The van der Waals surface area contributed by atoms with E-state index >= 15 is 0 Å². The molecule has 0 spiro atoms. The van der Waals surface area contributed by atoms with Gasteiger partial charge in [0.25, 0.3) is 0 Å². The van der Waals surface area contributed by atoms with Crippen molar-refractivity contribution in [3.8, 4) is 12.3 Å². The van der Waals surface area contributed by atoms with Crippen molar-refractivity contribution < 1.29 is 9.53 Å². The van der Waals surface area contributed by atoms with Crippen LogP contribution in [0.4, 0.5) is 0 Å². The molecule has 1 aliphatic carbocycles. The van der Waals surface area contributed by atoms with Crippen molar-refractivity contribution in [2.45, 2.75) is 40.7 Å². The Kier molecular flexibility index (Phi) is 4.39. The Morgan fingerprint density at radius 1 is 1.17 bits per heavy atom. The van der Waals surface area contributed by atoms with Crippen LogP contribution in [0.1, 0.15) is 40.2 Å². The van der Waals surface area contributed by atoms with E-state index in [2.05, 4.69) is 33.6 Å². The Hall–Kier alpha value is -1.72. The van der Waals surface area contributed by atoms with E-state index in [4.69, 9.17) is 22.8 Å². The molecule has 2 rings (SSSR count). The first-order valence-corrected chi connectivity index (χ1v) is 8.06. The molecule has 0 N–H and O–H groups in total. The van der Waals surface area contributed by atoms with Crippen LogP contribution in [-0.2, 0) is 9.53 Å². The summed E-state index contributed by atoms with van der Waals surface area (Å²) in [7, 11) is 0. The first-order chi connectivity index (χ1) is 10.6. The van der Waals surface area contributed by atoms with Gasteiger partial charge in [0.2, 0.25) is 0 Å². The lowest BCUT2D eigenvalue weighted by molar-refractivity contribution is -0.153. The molecule has 2 nitrogen and oxygen atoms in total. The molecule has 1 aliphatic rings. The topological polar surface area (TPSA) is 26.3 Å². The minimum atomic E-state index is -0.867. The SMILES string of the molecule is C#CC(OC(=O)C1(C)C(C)(C)C1(C)C)C(Cl)=Cc1ccccc1. The van der Waals surface area contributed by atoms with E-state index < -0.39 is 11.5 Å². The summed E-state index contributed by atoms with van der Waals surface area (Å²) in [6.07, 6.45) is 6.38. The molecule has 0 amide bonds. The molecule has 1 aromatic carbocycles. The predicted octanol–water partition coefficient (Wildman–Crippen LogP) is 4.88. The van der Waals surface area contributed by atoms with Crippen molar-refractivity contribution in [2.75, 3.05) is 0 Å². The van der Waals surface area contributed by atoms with Crippen molar-refractivity contribution >= 4 is 23.6 Å². The number of halogens is 1. The molecule has 1 fully saturated rings. The molecule has 1 aromatic rings. The molecule has 1 atom stereocenters. The highest BCUT2D eigenvalue weighted by Gasteiger charge is 2.79. The third-order valence-electron chi connectivity index (χ3n) is 6.14. The van der Waals surface area contributed by atoms with Gasteiger partial charge in [-0.25, -0.2) is 0 Å². The Morgan fingerprint density at radius 2 is 1.70 bits per heavy atom. The average Bonchev–Trinajstić information content (AvgIpc) is 2.83. The molecule has 122 valence electrons. The number of carbonyl (C=O) groups excluding carboxylic acids is 1. The van der Waals surface area contributed by atoms with Crippen LogP contribution in [0.3, 0.4) is 0 Å². The zero-order chi connectivity index (χ0) is 17.5. The first-order valence-electron chi connectivity index (χ1n) is 7.69. The maximum atomic E-state index is 12.7. The standard InChI is InChI=1S/C20H23ClO2/c1-7-16(15(21)13-14-11-9-8-10-12-14)23-17(22)20(6)18(2,3)19(20,4)5/h1,8-13,16H,2-6H3. The fraction of sp³-hybridized carbons (Fsp3) is 0.450. The second kappa shape index (κ2) is 5.73. The number of benzene rings is 1. The highest BCUT2D eigenvalue weighted by molar-refractivity contribution is 6.32. The van der Waals surface area contributed by atoms with Crippen LogP contribution in [0.5, 0.6) is 0 Å². The zero-order valence-corrected chi connectivity index (χ0v) is 15.1. The fourth-order valence-corrected chi connectivity index (χ4v) is 3.52. The van der Waals surface area contributed by atoms with E-state index in [1.807, 2.05) is 37.3 Å². The Labute approximate surface area is 143 Å². The van der Waals surface area contributed by atoms with Crippen LogP contribution in [0.25, 0.3) is 6.08 Å². The lowest BCUT2D eigenvalue weighted by atomic mass is 9.98. The quantitative estimate of drug-likeness (QED) is 0.580. The van der Waals surface area contributed by atoms with E-state index in [0.717, 1.165) is 5.56 Å². The molecular formula is C20H23ClO2. The van der Waals surface area contributed by atoms with Crippen LogP contribution in [0.2, 0.25) is 0 Å². The van der Waals surface area contributed by atoms with Crippen molar-refractivity contribution in [3.63, 3.8) is 0 Å². The van der Waals surface area contributed by atoms with Crippen LogP contribution in [0, 0.1) is 28.6 Å². The minimum Gasteiger partial charge on any atom is -0.443 e. The summed E-state index contributed by atoms with van der Waals surface area (Å²) in [5.74, 6) is 2.17. The fourth-order valence-electron chi connectivity index (χ4n) is 3.28. The normalized spacial score (nSPS) is 21.9. The maximum Gasteiger partial charge on any atom is 0.314 e. The summed E-state index contributed by atoms with van der Waals surface area (Å²) >= 11 is 6.28. The van der Waals surface area contributed by atoms with Gasteiger partial charge in [0.15, 0.2) is 6.10 Å². The number of rotatable bonds is 4. The molecule has 0 aromatic heterocycles. The van der Waals surface area contributed by atoms with E-state index in [9.17, 15) is 4.79 Å². The maximum absolute atomic E-state index is 12.7. The molecule has 0 radical (unpaired) electrons. The van der Waals surface area contributed by atoms with E-state index in [0.29, 0.717) is 5.03 Å². The number of carbonyl (C=O) groups is 1. The number of hydrogen-bond acceptors (Lipinski definition) is 2.